The van der Waals surface area contributed by atoms with Crippen molar-refractivity contribution < 1.29 is 0 Å². The summed E-state index contributed by atoms with van der Waals surface area (Å²) < 4.78 is 4.55. The monoisotopic (exact) mass is 596 g/mol. The standard InChI is InChI=1S/C40H25ClN4/c41-32-21-9-4-20-31(32)37-39(44-33-22-10-5-16-27(33)28-17-6-11-23-34(28)44)42-38(26-14-2-1-3-15-26)43-40(37)45-35-24-12-7-18-29(35)30-19-8-13-25-36(30)45/h1-25H. The van der Waals surface area contributed by atoms with Crippen LogP contribution >= 0.6 is 11.6 Å². The first kappa shape index (κ1) is 25.8. The summed E-state index contributed by atoms with van der Waals surface area (Å²) in [6.07, 6.45) is 0. The molecule has 9 aromatic rings. The van der Waals surface area contributed by atoms with Gasteiger partial charge in [-0.15, -0.1) is 0 Å². The van der Waals surface area contributed by atoms with Crippen LogP contribution in [0.25, 0.3) is 77.8 Å². The van der Waals surface area contributed by atoms with Crippen molar-refractivity contribution in [3.8, 4) is 34.2 Å². The molecule has 45 heavy (non-hydrogen) atoms. The summed E-state index contributed by atoms with van der Waals surface area (Å²) in [7, 11) is 0. The Morgan fingerprint density at radius 1 is 0.400 bits per heavy atom. The number of para-hydroxylation sites is 4. The van der Waals surface area contributed by atoms with Crippen LogP contribution in [0.3, 0.4) is 0 Å². The van der Waals surface area contributed by atoms with E-state index in [9.17, 15) is 0 Å². The molecule has 9 rings (SSSR count). The molecule has 0 bridgehead atoms. The van der Waals surface area contributed by atoms with E-state index in [0.29, 0.717) is 10.8 Å². The van der Waals surface area contributed by atoms with Crippen LogP contribution in [0.15, 0.2) is 152 Å². The van der Waals surface area contributed by atoms with Crippen LogP contribution < -0.4 is 0 Å². The zero-order chi connectivity index (χ0) is 29.9. The van der Waals surface area contributed by atoms with Crippen molar-refractivity contribution >= 4 is 55.2 Å². The lowest BCUT2D eigenvalue weighted by atomic mass is 10.1. The molecule has 0 unspecified atom stereocenters. The highest BCUT2D eigenvalue weighted by atomic mass is 35.5. The number of benzene rings is 6. The molecule has 0 spiro atoms. The molecule has 0 aliphatic carbocycles. The second-order valence-corrected chi connectivity index (χ2v) is 11.6. The smallest absolute Gasteiger partial charge is 0.163 e. The molecular formula is C40H25ClN4. The molecule has 212 valence electrons. The Labute approximate surface area is 264 Å². The number of hydrogen-bond acceptors (Lipinski definition) is 2. The van der Waals surface area contributed by atoms with Crippen LogP contribution in [0.2, 0.25) is 5.02 Å². The molecule has 0 aliphatic heterocycles. The highest BCUT2D eigenvalue weighted by molar-refractivity contribution is 6.33. The summed E-state index contributed by atoms with van der Waals surface area (Å²) >= 11 is 7.08. The second kappa shape index (κ2) is 10.2. The van der Waals surface area contributed by atoms with Crippen LogP contribution in [-0.2, 0) is 0 Å². The molecule has 0 saturated heterocycles. The van der Waals surface area contributed by atoms with E-state index in [1.165, 1.54) is 0 Å². The summed E-state index contributed by atoms with van der Waals surface area (Å²) in [6, 6.07) is 52.3. The van der Waals surface area contributed by atoms with Crippen LogP contribution in [0, 0.1) is 0 Å². The summed E-state index contributed by atoms with van der Waals surface area (Å²) in [6.45, 7) is 0. The fraction of sp³-hybridized carbons (Fsp3) is 0. The molecule has 3 aromatic heterocycles. The minimum absolute atomic E-state index is 0.637. The Morgan fingerprint density at radius 3 is 1.22 bits per heavy atom. The lowest BCUT2D eigenvalue weighted by molar-refractivity contribution is 0.998. The molecule has 3 heterocycles. The maximum absolute atomic E-state index is 7.08. The van der Waals surface area contributed by atoms with Gasteiger partial charge in [0.2, 0.25) is 0 Å². The van der Waals surface area contributed by atoms with Crippen molar-refractivity contribution in [2.24, 2.45) is 0 Å². The van der Waals surface area contributed by atoms with Crippen molar-refractivity contribution in [1.29, 1.82) is 0 Å². The molecule has 0 radical (unpaired) electrons. The first-order chi connectivity index (χ1) is 22.3. The van der Waals surface area contributed by atoms with Gasteiger partial charge in [-0.2, -0.15) is 0 Å². The number of halogens is 1. The average Bonchev–Trinajstić information content (AvgIpc) is 3.62. The average molecular weight is 597 g/mol. The van der Waals surface area contributed by atoms with Crippen molar-refractivity contribution in [2.45, 2.75) is 0 Å². The number of fused-ring (bicyclic) bond motifs is 6. The highest BCUT2D eigenvalue weighted by Gasteiger charge is 2.26. The molecule has 6 aromatic carbocycles. The topological polar surface area (TPSA) is 35.6 Å². The predicted octanol–water partition coefficient (Wildman–Crippen LogP) is 10.7. The maximum Gasteiger partial charge on any atom is 0.163 e. The zero-order valence-corrected chi connectivity index (χ0v) is 24.9. The van der Waals surface area contributed by atoms with Gasteiger partial charge in [0.05, 0.1) is 27.6 Å². The minimum atomic E-state index is 0.637. The minimum Gasteiger partial charge on any atom is -0.293 e. The Hall–Kier alpha value is -5.71. The quantitative estimate of drug-likeness (QED) is 0.202. The van der Waals surface area contributed by atoms with Gasteiger partial charge in [-0.1, -0.05) is 133 Å². The van der Waals surface area contributed by atoms with Crippen LogP contribution in [-0.4, -0.2) is 19.1 Å². The van der Waals surface area contributed by atoms with Gasteiger partial charge >= 0.3 is 0 Å². The molecule has 4 nitrogen and oxygen atoms in total. The van der Waals surface area contributed by atoms with Gasteiger partial charge in [-0.3, -0.25) is 9.13 Å². The Balaban J connectivity index is 1.54. The fourth-order valence-electron chi connectivity index (χ4n) is 6.68. The van der Waals surface area contributed by atoms with Gasteiger partial charge in [0.1, 0.15) is 0 Å². The van der Waals surface area contributed by atoms with Crippen molar-refractivity contribution in [3.63, 3.8) is 0 Å². The molecule has 0 aliphatic rings. The summed E-state index contributed by atoms with van der Waals surface area (Å²) in [5, 5.41) is 5.29. The van der Waals surface area contributed by atoms with E-state index in [-0.39, 0.29) is 0 Å². The molecule has 0 saturated carbocycles. The van der Waals surface area contributed by atoms with Crippen LogP contribution in [0.5, 0.6) is 0 Å². The van der Waals surface area contributed by atoms with E-state index in [1.54, 1.807) is 0 Å². The van der Waals surface area contributed by atoms with E-state index < -0.39 is 0 Å². The van der Waals surface area contributed by atoms with E-state index in [1.807, 2.05) is 36.4 Å². The van der Waals surface area contributed by atoms with Crippen LogP contribution in [0.4, 0.5) is 0 Å². The summed E-state index contributed by atoms with van der Waals surface area (Å²) in [4.78, 5) is 10.8. The van der Waals surface area contributed by atoms with E-state index >= 15 is 0 Å². The Bertz CT molecular complexity index is 2320. The van der Waals surface area contributed by atoms with Gasteiger partial charge in [0, 0.05) is 37.7 Å². The summed E-state index contributed by atoms with van der Waals surface area (Å²) in [5.41, 5.74) is 6.93. The molecule has 0 N–H and O–H groups in total. The van der Waals surface area contributed by atoms with Crippen molar-refractivity contribution in [1.82, 2.24) is 19.1 Å². The van der Waals surface area contributed by atoms with Gasteiger partial charge in [0.15, 0.2) is 17.5 Å². The fourth-order valence-corrected chi connectivity index (χ4v) is 6.91. The third-order valence-electron chi connectivity index (χ3n) is 8.63. The highest BCUT2D eigenvalue weighted by Crippen LogP contribution is 2.43. The first-order valence-electron chi connectivity index (χ1n) is 15.0. The third kappa shape index (κ3) is 3.93. The zero-order valence-electron chi connectivity index (χ0n) is 24.1. The van der Waals surface area contributed by atoms with Gasteiger partial charge in [0.25, 0.3) is 0 Å². The Morgan fingerprint density at radius 2 is 0.778 bits per heavy atom. The predicted molar refractivity (Wildman–Crippen MR) is 187 cm³/mol. The number of hydrogen-bond donors (Lipinski definition) is 0. The van der Waals surface area contributed by atoms with Crippen molar-refractivity contribution in [3.05, 3.63) is 157 Å². The molecule has 0 fully saturated rings. The lowest BCUT2D eigenvalue weighted by Crippen LogP contribution is -2.10. The maximum atomic E-state index is 7.08. The summed E-state index contributed by atoms with van der Waals surface area (Å²) in [5.74, 6) is 2.18. The molecular weight excluding hydrogens is 572 g/mol. The lowest BCUT2D eigenvalue weighted by Gasteiger charge is -2.20. The number of nitrogens with zero attached hydrogens (tertiary/aromatic N) is 4. The van der Waals surface area contributed by atoms with Crippen LogP contribution in [0.1, 0.15) is 0 Å². The normalized spacial score (nSPS) is 11.7. The van der Waals surface area contributed by atoms with Gasteiger partial charge < -0.3 is 0 Å². The largest absolute Gasteiger partial charge is 0.293 e. The van der Waals surface area contributed by atoms with Gasteiger partial charge in [-0.05, 0) is 30.3 Å². The SMILES string of the molecule is Clc1ccccc1-c1c(-n2c3ccccc3c3ccccc32)nc(-c2ccccc2)nc1-n1c2ccccc2c2ccccc21. The third-order valence-corrected chi connectivity index (χ3v) is 8.96. The van der Waals surface area contributed by atoms with Crippen molar-refractivity contribution in [2.75, 3.05) is 0 Å². The van der Waals surface area contributed by atoms with E-state index in [0.717, 1.165) is 71.9 Å². The Kier molecular flexibility index (Phi) is 5.83. The van der Waals surface area contributed by atoms with E-state index in [4.69, 9.17) is 21.6 Å². The van der Waals surface area contributed by atoms with Gasteiger partial charge in [-0.25, -0.2) is 9.97 Å². The van der Waals surface area contributed by atoms with E-state index in [2.05, 4.69) is 124 Å². The number of rotatable bonds is 4. The molecule has 0 atom stereocenters. The second-order valence-electron chi connectivity index (χ2n) is 11.2. The first-order valence-corrected chi connectivity index (χ1v) is 15.4. The number of aromatic nitrogens is 4. The molecule has 0 amide bonds. The molecule has 5 heteroatoms.